The number of para-hydroxylation sites is 1. The monoisotopic (exact) mass is 410 g/mol. The van der Waals surface area contributed by atoms with Crippen molar-refractivity contribution in [3.63, 3.8) is 0 Å². The first-order chi connectivity index (χ1) is 15.8. The van der Waals surface area contributed by atoms with Crippen LogP contribution < -0.4 is 0 Å². The third kappa shape index (κ3) is 3.11. The van der Waals surface area contributed by atoms with Crippen molar-refractivity contribution in [1.29, 1.82) is 0 Å². The summed E-state index contributed by atoms with van der Waals surface area (Å²) in [5, 5.41) is 2.38. The number of furan rings is 1. The van der Waals surface area contributed by atoms with Crippen LogP contribution in [0.25, 0.3) is 55.3 Å². The molecule has 0 aliphatic carbocycles. The van der Waals surface area contributed by atoms with Gasteiger partial charge in [0.25, 0.3) is 0 Å². The number of aryl methyl sites for hydroxylation is 1. The third-order valence-corrected chi connectivity index (χ3v) is 6.25. The van der Waals surface area contributed by atoms with Gasteiger partial charge in [-0.1, -0.05) is 109 Å². The maximum atomic E-state index is 6.29. The molecule has 1 heteroatoms. The van der Waals surface area contributed by atoms with Gasteiger partial charge in [0.1, 0.15) is 11.2 Å². The second-order valence-corrected chi connectivity index (χ2v) is 8.25. The van der Waals surface area contributed by atoms with Crippen molar-refractivity contribution in [2.24, 2.45) is 0 Å². The minimum Gasteiger partial charge on any atom is -0.455 e. The highest BCUT2D eigenvalue weighted by Gasteiger charge is 2.13. The molecular weight excluding hydrogens is 388 g/mol. The predicted octanol–water partition coefficient (Wildman–Crippen LogP) is 8.90. The molecule has 32 heavy (non-hydrogen) atoms. The molecule has 0 spiro atoms. The van der Waals surface area contributed by atoms with E-state index in [1.54, 1.807) is 0 Å². The average molecular weight is 411 g/mol. The van der Waals surface area contributed by atoms with Crippen LogP contribution in [0.1, 0.15) is 5.56 Å². The fraction of sp³-hybridized carbons (Fsp3) is 0.0323. The average Bonchev–Trinajstić information content (AvgIpc) is 3.25. The van der Waals surface area contributed by atoms with Gasteiger partial charge in [0, 0.05) is 16.3 Å². The van der Waals surface area contributed by atoms with Crippen molar-refractivity contribution >= 4 is 21.9 Å². The second kappa shape index (κ2) is 7.55. The van der Waals surface area contributed by atoms with Gasteiger partial charge < -0.3 is 4.42 Å². The highest BCUT2D eigenvalue weighted by atomic mass is 16.3. The fourth-order valence-corrected chi connectivity index (χ4v) is 4.58. The lowest BCUT2D eigenvalue weighted by atomic mass is 9.97. The molecule has 0 N–H and O–H groups in total. The molecule has 6 aromatic rings. The number of hydrogen-bond donors (Lipinski definition) is 0. The Kier molecular flexibility index (Phi) is 4.40. The van der Waals surface area contributed by atoms with Crippen molar-refractivity contribution in [1.82, 2.24) is 0 Å². The smallest absolute Gasteiger partial charge is 0.143 e. The van der Waals surface area contributed by atoms with Gasteiger partial charge in [0.05, 0.1) is 0 Å². The lowest BCUT2D eigenvalue weighted by Gasteiger charge is -2.07. The zero-order valence-electron chi connectivity index (χ0n) is 17.9. The lowest BCUT2D eigenvalue weighted by molar-refractivity contribution is 0.670. The van der Waals surface area contributed by atoms with E-state index in [1.165, 1.54) is 38.6 Å². The summed E-state index contributed by atoms with van der Waals surface area (Å²) in [5.74, 6) is 0. The van der Waals surface area contributed by atoms with Gasteiger partial charge in [-0.25, -0.2) is 0 Å². The maximum Gasteiger partial charge on any atom is 0.143 e. The SMILES string of the molecule is Cc1cccc2oc3c(-c4ccc(-c5ccc(-c6ccccc6)cc5)cc4)cccc3c12. The maximum absolute atomic E-state index is 6.29. The number of hydrogen-bond acceptors (Lipinski definition) is 1. The van der Waals surface area contributed by atoms with Gasteiger partial charge in [-0.3, -0.25) is 0 Å². The van der Waals surface area contributed by atoms with Gasteiger partial charge in [-0.2, -0.15) is 0 Å². The van der Waals surface area contributed by atoms with Crippen LogP contribution in [0.5, 0.6) is 0 Å². The Bertz CT molecular complexity index is 1540. The molecule has 0 fully saturated rings. The molecule has 0 amide bonds. The second-order valence-electron chi connectivity index (χ2n) is 8.25. The van der Waals surface area contributed by atoms with E-state index in [2.05, 4.69) is 110 Å². The minimum atomic E-state index is 0.947. The van der Waals surface area contributed by atoms with E-state index in [0.717, 1.165) is 22.3 Å². The van der Waals surface area contributed by atoms with E-state index in [1.807, 2.05) is 12.1 Å². The van der Waals surface area contributed by atoms with Crippen molar-refractivity contribution < 1.29 is 4.42 Å². The van der Waals surface area contributed by atoms with E-state index in [-0.39, 0.29) is 0 Å². The first kappa shape index (κ1) is 18.7. The normalized spacial score (nSPS) is 11.3. The van der Waals surface area contributed by atoms with Crippen LogP contribution in [0.2, 0.25) is 0 Å². The number of rotatable bonds is 3. The van der Waals surface area contributed by atoms with Crippen LogP contribution in [0.4, 0.5) is 0 Å². The van der Waals surface area contributed by atoms with E-state index >= 15 is 0 Å². The van der Waals surface area contributed by atoms with Gasteiger partial charge in [-0.15, -0.1) is 0 Å². The summed E-state index contributed by atoms with van der Waals surface area (Å²) in [5.41, 5.74) is 10.3. The number of benzene rings is 5. The molecule has 0 atom stereocenters. The zero-order chi connectivity index (χ0) is 21.5. The molecule has 0 saturated heterocycles. The van der Waals surface area contributed by atoms with E-state index in [9.17, 15) is 0 Å². The van der Waals surface area contributed by atoms with E-state index in [4.69, 9.17) is 4.42 Å². The molecule has 1 aromatic heterocycles. The van der Waals surface area contributed by atoms with E-state index in [0.29, 0.717) is 0 Å². The Morgan fingerprint density at radius 2 is 1.03 bits per heavy atom. The predicted molar refractivity (Wildman–Crippen MR) is 135 cm³/mol. The van der Waals surface area contributed by atoms with Gasteiger partial charge in [0.15, 0.2) is 0 Å². The molecule has 5 aromatic carbocycles. The van der Waals surface area contributed by atoms with Crippen LogP contribution in [-0.2, 0) is 0 Å². The molecule has 0 aliphatic heterocycles. The summed E-state index contributed by atoms with van der Waals surface area (Å²) in [6.07, 6.45) is 0. The molecule has 6 rings (SSSR count). The molecule has 0 aliphatic rings. The van der Waals surface area contributed by atoms with E-state index < -0.39 is 0 Å². The molecule has 0 saturated carbocycles. The quantitative estimate of drug-likeness (QED) is 0.284. The highest BCUT2D eigenvalue weighted by Crippen LogP contribution is 2.37. The van der Waals surface area contributed by atoms with Crippen molar-refractivity contribution in [2.45, 2.75) is 6.92 Å². The molecule has 1 heterocycles. The summed E-state index contributed by atoms with van der Waals surface area (Å²) in [6.45, 7) is 2.14. The largest absolute Gasteiger partial charge is 0.455 e. The minimum absolute atomic E-state index is 0.947. The van der Waals surface area contributed by atoms with Crippen LogP contribution in [-0.4, -0.2) is 0 Å². The van der Waals surface area contributed by atoms with Crippen molar-refractivity contribution in [3.05, 3.63) is 121 Å². The van der Waals surface area contributed by atoms with Gasteiger partial charge in [0.2, 0.25) is 0 Å². The topological polar surface area (TPSA) is 13.1 Å². The highest BCUT2D eigenvalue weighted by molar-refractivity contribution is 6.10. The van der Waals surface area contributed by atoms with Crippen LogP contribution in [0, 0.1) is 6.92 Å². The van der Waals surface area contributed by atoms with Crippen molar-refractivity contribution in [2.75, 3.05) is 0 Å². The summed E-state index contributed by atoms with van der Waals surface area (Å²) >= 11 is 0. The zero-order valence-corrected chi connectivity index (χ0v) is 17.9. The lowest BCUT2D eigenvalue weighted by Crippen LogP contribution is -1.82. The van der Waals surface area contributed by atoms with Crippen LogP contribution in [0.3, 0.4) is 0 Å². The molecule has 0 bridgehead atoms. The summed E-state index contributed by atoms with van der Waals surface area (Å²) in [6, 6.07) is 40.7. The first-order valence-electron chi connectivity index (χ1n) is 10.9. The molecule has 0 unspecified atom stereocenters. The molecular formula is C31H22O. The standard InChI is InChI=1S/C31H22O/c1-21-7-5-12-29-30(21)28-11-6-10-27(31(28)32-29)26-19-17-25(18-20-26)24-15-13-23(14-16-24)22-8-3-2-4-9-22/h2-20H,1H3. The molecule has 0 radical (unpaired) electrons. The Balaban J connectivity index is 1.37. The Labute approximate surface area is 187 Å². The summed E-state index contributed by atoms with van der Waals surface area (Å²) in [4.78, 5) is 0. The van der Waals surface area contributed by atoms with Crippen LogP contribution in [0.15, 0.2) is 120 Å². The molecule has 152 valence electrons. The third-order valence-electron chi connectivity index (χ3n) is 6.25. The Morgan fingerprint density at radius 1 is 0.469 bits per heavy atom. The van der Waals surface area contributed by atoms with Gasteiger partial charge in [-0.05, 0) is 46.4 Å². The molecule has 1 nitrogen and oxygen atoms in total. The fourth-order valence-electron chi connectivity index (χ4n) is 4.58. The summed E-state index contributed by atoms with van der Waals surface area (Å²) in [7, 11) is 0. The summed E-state index contributed by atoms with van der Waals surface area (Å²) < 4.78 is 6.29. The Morgan fingerprint density at radius 3 is 1.69 bits per heavy atom. The van der Waals surface area contributed by atoms with Crippen molar-refractivity contribution in [3.8, 4) is 33.4 Å². The van der Waals surface area contributed by atoms with Gasteiger partial charge >= 0.3 is 0 Å². The Hall–Kier alpha value is -4.10. The van der Waals surface area contributed by atoms with Crippen LogP contribution >= 0.6 is 0 Å². The number of fused-ring (bicyclic) bond motifs is 3. The first-order valence-corrected chi connectivity index (χ1v) is 10.9.